The van der Waals surface area contributed by atoms with E-state index in [1.54, 1.807) is 30.9 Å². The molecule has 6 heteroatoms. The van der Waals surface area contributed by atoms with Crippen molar-refractivity contribution in [3.8, 4) is 0 Å². The van der Waals surface area contributed by atoms with Gasteiger partial charge in [-0.2, -0.15) is 0 Å². The van der Waals surface area contributed by atoms with Gasteiger partial charge in [0.15, 0.2) is 0 Å². The molecule has 0 spiro atoms. The fraction of sp³-hybridized carbons (Fsp3) is 0.571. The van der Waals surface area contributed by atoms with Gasteiger partial charge in [0.2, 0.25) is 5.91 Å². The monoisotopic (exact) mass is 282 g/mol. The van der Waals surface area contributed by atoms with Crippen LogP contribution >= 0.6 is 0 Å². The van der Waals surface area contributed by atoms with Gasteiger partial charge in [-0.1, -0.05) is 0 Å². The topological polar surface area (TPSA) is 69.6 Å². The van der Waals surface area contributed by atoms with E-state index in [9.17, 15) is 9.59 Å². The molecule has 6 nitrogen and oxygen atoms in total. The van der Waals surface area contributed by atoms with Crippen molar-refractivity contribution in [2.24, 2.45) is 0 Å². The molecule has 0 unspecified atom stereocenters. The molecule has 1 aromatic heterocycles. The van der Waals surface area contributed by atoms with E-state index >= 15 is 0 Å². The van der Waals surface area contributed by atoms with Gasteiger partial charge < -0.3 is 19.4 Å². The molecule has 0 aliphatic rings. The zero-order valence-corrected chi connectivity index (χ0v) is 12.3. The predicted octanol–water partition coefficient (Wildman–Crippen LogP) is 1.13. The van der Waals surface area contributed by atoms with Crippen molar-refractivity contribution in [2.75, 3.05) is 26.9 Å². The number of rotatable bonds is 8. The normalized spacial score (nSPS) is 10.3. The lowest BCUT2D eigenvalue weighted by Gasteiger charge is -2.10. The van der Waals surface area contributed by atoms with E-state index in [2.05, 4.69) is 5.32 Å². The lowest BCUT2D eigenvalue weighted by Crippen LogP contribution is -2.30. The maximum absolute atomic E-state index is 11.8. The van der Waals surface area contributed by atoms with E-state index in [-0.39, 0.29) is 12.5 Å². The Bertz CT molecular complexity index is 454. The van der Waals surface area contributed by atoms with E-state index in [1.807, 2.05) is 6.92 Å². The molecule has 1 aromatic rings. The number of methoxy groups -OCH3 is 1. The molecule has 0 saturated carbocycles. The molecule has 1 heterocycles. The highest BCUT2D eigenvalue weighted by molar-refractivity contribution is 5.90. The molecule has 0 aromatic carbocycles. The number of nitrogens with zero attached hydrogens (tertiary/aromatic N) is 1. The highest BCUT2D eigenvalue weighted by atomic mass is 16.5. The van der Waals surface area contributed by atoms with Crippen LogP contribution in [0.2, 0.25) is 0 Å². The van der Waals surface area contributed by atoms with Gasteiger partial charge in [-0.3, -0.25) is 4.79 Å². The van der Waals surface area contributed by atoms with Gasteiger partial charge in [-0.15, -0.1) is 0 Å². The highest BCUT2D eigenvalue weighted by Crippen LogP contribution is 2.11. The minimum Gasteiger partial charge on any atom is -0.461 e. The quantitative estimate of drug-likeness (QED) is 0.573. The van der Waals surface area contributed by atoms with Crippen LogP contribution in [-0.4, -0.2) is 43.3 Å². The van der Waals surface area contributed by atoms with E-state index in [0.29, 0.717) is 25.5 Å². The van der Waals surface area contributed by atoms with E-state index in [0.717, 1.165) is 12.0 Å². The number of aryl methyl sites for hydroxylation is 1. The molecule has 1 amide bonds. The summed E-state index contributed by atoms with van der Waals surface area (Å²) in [5.74, 6) is -0.538. The molecule has 0 atom stereocenters. The van der Waals surface area contributed by atoms with Crippen LogP contribution in [0.15, 0.2) is 12.3 Å². The summed E-state index contributed by atoms with van der Waals surface area (Å²) in [4.78, 5) is 23.6. The van der Waals surface area contributed by atoms with Crippen LogP contribution in [0.3, 0.4) is 0 Å². The van der Waals surface area contributed by atoms with Crippen molar-refractivity contribution in [2.45, 2.75) is 26.8 Å². The van der Waals surface area contributed by atoms with Crippen LogP contribution in [0.4, 0.5) is 0 Å². The van der Waals surface area contributed by atoms with Crippen LogP contribution in [0.5, 0.6) is 0 Å². The van der Waals surface area contributed by atoms with Crippen molar-refractivity contribution < 1.29 is 19.1 Å². The van der Waals surface area contributed by atoms with Crippen LogP contribution in [0, 0.1) is 6.92 Å². The molecule has 0 radical (unpaired) electrons. The van der Waals surface area contributed by atoms with Crippen molar-refractivity contribution in [1.29, 1.82) is 0 Å². The Kier molecular flexibility index (Phi) is 6.79. The molecule has 112 valence electrons. The Hall–Kier alpha value is -1.82. The molecule has 0 saturated heterocycles. The second-order valence-corrected chi connectivity index (χ2v) is 4.39. The second kappa shape index (κ2) is 8.37. The molecular weight excluding hydrogens is 260 g/mol. The van der Waals surface area contributed by atoms with E-state index in [1.165, 1.54) is 0 Å². The zero-order valence-electron chi connectivity index (χ0n) is 12.3. The number of esters is 1. The summed E-state index contributed by atoms with van der Waals surface area (Å²) in [5.41, 5.74) is 1.23. The Labute approximate surface area is 119 Å². The van der Waals surface area contributed by atoms with Crippen molar-refractivity contribution >= 4 is 11.9 Å². The van der Waals surface area contributed by atoms with Crippen molar-refractivity contribution in [3.05, 3.63) is 23.5 Å². The maximum Gasteiger partial charge on any atom is 0.355 e. The third kappa shape index (κ3) is 4.70. The fourth-order valence-electron chi connectivity index (χ4n) is 1.85. The second-order valence-electron chi connectivity index (χ2n) is 4.39. The first-order valence-corrected chi connectivity index (χ1v) is 6.68. The summed E-state index contributed by atoms with van der Waals surface area (Å²) in [5, 5.41) is 2.78. The van der Waals surface area contributed by atoms with E-state index < -0.39 is 5.97 Å². The number of ether oxygens (including phenoxy) is 2. The van der Waals surface area contributed by atoms with Crippen LogP contribution in [0.1, 0.15) is 29.4 Å². The average Bonchev–Trinajstić information content (AvgIpc) is 2.76. The summed E-state index contributed by atoms with van der Waals surface area (Å²) in [6.45, 7) is 5.16. The lowest BCUT2D eigenvalue weighted by atomic mass is 10.3. The maximum atomic E-state index is 11.8. The molecule has 0 fully saturated rings. The van der Waals surface area contributed by atoms with Crippen LogP contribution in [0.25, 0.3) is 0 Å². The SMILES string of the molecule is CCOC(=O)c1c(C)ccn1CC(=O)NCCCOC. The smallest absolute Gasteiger partial charge is 0.355 e. The van der Waals surface area contributed by atoms with Crippen LogP contribution in [-0.2, 0) is 20.8 Å². The average molecular weight is 282 g/mol. The third-order valence-corrected chi connectivity index (χ3v) is 2.80. The van der Waals surface area contributed by atoms with Crippen LogP contribution < -0.4 is 5.32 Å². The van der Waals surface area contributed by atoms with Gasteiger partial charge in [0.05, 0.1) is 6.61 Å². The number of carbonyl (C=O) groups is 2. The summed E-state index contributed by atoms with van der Waals surface area (Å²) in [6.07, 6.45) is 2.48. The summed E-state index contributed by atoms with van der Waals surface area (Å²) < 4.78 is 11.5. The van der Waals surface area contributed by atoms with Gasteiger partial charge in [0.1, 0.15) is 12.2 Å². The Morgan fingerprint density at radius 2 is 2.15 bits per heavy atom. The largest absolute Gasteiger partial charge is 0.461 e. The zero-order chi connectivity index (χ0) is 15.0. The van der Waals surface area contributed by atoms with Gasteiger partial charge in [0.25, 0.3) is 0 Å². The number of amides is 1. The molecule has 0 aliphatic heterocycles. The number of nitrogens with one attached hydrogen (secondary N) is 1. The molecule has 1 N–H and O–H groups in total. The van der Waals surface area contributed by atoms with Gasteiger partial charge in [-0.05, 0) is 31.9 Å². The Morgan fingerprint density at radius 3 is 2.80 bits per heavy atom. The van der Waals surface area contributed by atoms with Gasteiger partial charge in [0, 0.05) is 26.5 Å². The Balaban J connectivity index is 2.59. The molecule has 20 heavy (non-hydrogen) atoms. The minimum atomic E-state index is -0.401. The minimum absolute atomic E-state index is 0.106. The van der Waals surface area contributed by atoms with Gasteiger partial charge in [-0.25, -0.2) is 4.79 Å². The fourth-order valence-corrected chi connectivity index (χ4v) is 1.85. The number of hydrogen-bond donors (Lipinski definition) is 1. The molecule has 1 rings (SSSR count). The van der Waals surface area contributed by atoms with Crippen molar-refractivity contribution in [1.82, 2.24) is 9.88 Å². The van der Waals surface area contributed by atoms with Gasteiger partial charge >= 0.3 is 5.97 Å². The Morgan fingerprint density at radius 1 is 1.40 bits per heavy atom. The first-order valence-electron chi connectivity index (χ1n) is 6.68. The first kappa shape index (κ1) is 16.2. The lowest BCUT2D eigenvalue weighted by molar-refractivity contribution is -0.121. The third-order valence-electron chi connectivity index (χ3n) is 2.80. The first-order chi connectivity index (χ1) is 9.60. The molecule has 0 aliphatic carbocycles. The summed E-state index contributed by atoms with van der Waals surface area (Å²) in [6, 6.07) is 1.80. The molecular formula is C14H22N2O4. The molecule has 0 bridgehead atoms. The number of carbonyl (C=O) groups excluding carboxylic acids is 2. The number of hydrogen-bond acceptors (Lipinski definition) is 4. The predicted molar refractivity (Wildman–Crippen MR) is 74.6 cm³/mol. The van der Waals surface area contributed by atoms with Crippen molar-refractivity contribution in [3.63, 3.8) is 0 Å². The summed E-state index contributed by atoms with van der Waals surface area (Å²) in [7, 11) is 1.62. The van der Waals surface area contributed by atoms with E-state index in [4.69, 9.17) is 9.47 Å². The number of aromatic nitrogens is 1. The standard InChI is InChI=1S/C14H22N2O4/c1-4-20-14(18)13-11(2)6-8-16(13)10-12(17)15-7-5-9-19-3/h6,8H,4-5,7,9-10H2,1-3H3,(H,15,17). The highest BCUT2D eigenvalue weighted by Gasteiger charge is 2.17. The summed E-state index contributed by atoms with van der Waals surface area (Å²) >= 11 is 0.